The zero-order valence-electron chi connectivity index (χ0n) is 7.69. The van der Waals surface area contributed by atoms with Crippen molar-refractivity contribution in [3.8, 4) is 0 Å². The van der Waals surface area contributed by atoms with Gasteiger partial charge in [-0.3, -0.25) is 0 Å². The normalized spacial score (nSPS) is 15.7. The average Bonchev–Trinajstić information content (AvgIpc) is 2.82. The summed E-state index contributed by atoms with van der Waals surface area (Å²) in [5.74, 6) is -0.108. The van der Waals surface area contributed by atoms with Crippen LogP contribution in [-0.4, -0.2) is 22.6 Å². The van der Waals surface area contributed by atoms with E-state index in [1.165, 1.54) is 24.2 Å². The summed E-state index contributed by atoms with van der Waals surface area (Å²) >= 11 is 1.40. The Balaban J connectivity index is 1.79. The summed E-state index contributed by atoms with van der Waals surface area (Å²) in [6.07, 6.45) is 2.65. The molecule has 0 spiro atoms. The number of carboxylic acid groups (broad SMARTS) is 1. The van der Waals surface area contributed by atoms with Gasteiger partial charge in [-0.05, 0) is 25.3 Å². The second kappa shape index (κ2) is 4.06. The number of thiazole rings is 1. The van der Waals surface area contributed by atoms with Crippen molar-refractivity contribution < 1.29 is 9.90 Å². The molecule has 0 atom stereocenters. The molecule has 1 saturated carbocycles. The maximum absolute atomic E-state index is 10.5. The van der Waals surface area contributed by atoms with Crippen LogP contribution in [0.4, 0.5) is 0 Å². The molecule has 14 heavy (non-hydrogen) atoms. The highest BCUT2D eigenvalue weighted by atomic mass is 32.1. The molecule has 1 aliphatic rings. The number of carboxylic acids is 1. The van der Waals surface area contributed by atoms with E-state index >= 15 is 0 Å². The smallest absolute Gasteiger partial charge is 0.355 e. The van der Waals surface area contributed by atoms with Gasteiger partial charge in [0.25, 0.3) is 0 Å². The lowest BCUT2D eigenvalue weighted by Gasteiger charge is -1.98. The van der Waals surface area contributed by atoms with Gasteiger partial charge in [-0.25, -0.2) is 9.78 Å². The van der Waals surface area contributed by atoms with Crippen LogP contribution in [0.2, 0.25) is 0 Å². The number of nitrogens with zero attached hydrogens (tertiary/aromatic N) is 1. The molecule has 0 aliphatic heterocycles. The first kappa shape index (κ1) is 9.61. The van der Waals surface area contributed by atoms with Crippen molar-refractivity contribution in [1.29, 1.82) is 0 Å². The lowest BCUT2D eigenvalue weighted by atomic mass is 10.4. The summed E-state index contributed by atoms with van der Waals surface area (Å²) in [6.45, 7) is 1.72. The number of hydrogen-bond acceptors (Lipinski definition) is 4. The van der Waals surface area contributed by atoms with Gasteiger partial charge in [-0.15, -0.1) is 11.3 Å². The first-order chi connectivity index (χ1) is 6.75. The number of nitrogens with one attached hydrogen (secondary N) is 1. The van der Waals surface area contributed by atoms with Gasteiger partial charge in [0.05, 0.1) is 0 Å². The lowest BCUT2D eigenvalue weighted by molar-refractivity contribution is 0.0691. The molecule has 0 unspecified atom stereocenters. The second-order valence-corrected chi connectivity index (χ2v) is 4.45. The largest absolute Gasteiger partial charge is 0.476 e. The molecule has 5 heteroatoms. The molecule has 0 aromatic carbocycles. The molecule has 1 aromatic rings. The van der Waals surface area contributed by atoms with E-state index in [0.717, 1.165) is 17.5 Å². The van der Waals surface area contributed by atoms with E-state index in [2.05, 4.69) is 10.3 Å². The van der Waals surface area contributed by atoms with Gasteiger partial charge in [0.2, 0.25) is 0 Å². The zero-order chi connectivity index (χ0) is 9.97. The average molecular weight is 212 g/mol. The van der Waals surface area contributed by atoms with E-state index in [9.17, 15) is 4.79 Å². The summed E-state index contributed by atoms with van der Waals surface area (Å²) in [4.78, 5) is 14.5. The third-order valence-corrected chi connectivity index (χ3v) is 3.03. The molecule has 0 radical (unpaired) electrons. The molecule has 2 N–H and O–H groups in total. The highest BCUT2D eigenvalue weighted by Crippen LogP contribution is 2.27. The van der Waals surface area contributed by atoms with E-state index in [4.69, 9.17) is 5.11 Å². The fourth-order valence-electron chi connectivity index (χ4n) is 1.20. The van der Waals surface area contributed by atoms with Crippen molar-refractivity contribution in [2.24, 2.45) is 5.92 Å². The van der Waals surface area contributed by atoms with Crippen molar-refractivity contribution in [3.63, 3.8) is 0 Å². The van der Waals surface area contributed by atoms with E-state index in [1.807, 2.05) is 0 Å². The summed E-state index contributed by atoms with van der Waals surface area (Å²) in [7, 11) is 0. The zero-order valence-corrected chi connectivity index (χ0v) is 8.51. The van der Waals surface area contributed by atoms with Gasteiger partial charge in [0, 0.05) is 11.9 Å². The summed E-state index contributed by atoms with van der Waals surface area (Å²) in [6, 6.07) is 0. The van der Waals surface area contributed by atoms with Gasteiger partial charge in [-0.2, -0.15) is 0 Å². The Morgan fingerprint density at radius 1 is 1.71 bits per heavy atom. The Bertz CT molecular complexity index is 333. The maximum Gasteiger partial charge on any atom is 0.355 e. The first-order valence-corrected chi connectivity index (χ1v) is 5.52. The van der Waals surface area contributed by atoms with Gasteiger partial charge >= 0.3 is 5.97 Å². The van der Waals surface area contributed by atoms with Crippen LogP contribution in [0.25, 0.3) is 0 Å². The Morgan fingerprint density at radius 2 is 2.50 bits per heavy atom. The summed E-state index contributed by atoms with van der Waals surface area (Å²) in [5.41, 5.74) is 0.151. The molecule has 1 fully saturated rings. The Kier molecular flexibility index (Phi) is 2.79. The van der Waals surface area contributed by atoms with Crippen LogP contribution in [0.1, 0.15) is 28.3 Å². The van der Waals surface area contributed by atoms with Crippen LogP contribution in [0.3, 0.4) is 0 Å². The van der Waals surface area contributed by atoms with Crippen molar-refractivity contribution in [2.75, 3.05) is 6.54 Å². The highest BCUT2D eigenvalue weighted by Gasteiger charge is 2.20. The van der Waals surface area contributed by atoms with E-state index in [1.54, 1.807) is 5.38 Å². The lowest BCUT2D eigenvalue weighted by Crippen LogP contribution is -2.16. The molecule has 1 aliphatic carbocycles. The third kappa shape index (κ3) is 2.52. The molecule has 0 saturated heterocycles. The molecular weight excluding hydrogens is 200 g/mol. The van der Waals surface area contributed by atoms with Crippen LogP contribution in [0.5, 0.6) is 0 Å². The van der Waals surface area contributed by atoms with Crippen LogP contribution >= 0.6 is 11.3 Å². The molecule has 1 heterocycles. The van der Waals surface area contributed by atoms with Gasteiger partial charge < -0.3 is 10.4 Å². The number of aromatic nitrogens is 1. The predicted octanol–water partition coefficient (Wildman–Crippen LogP) is 1.34. The second-order valence-electron chi connectivity index (χ2n) is 3.51. The fourth-order valence-corrected chi connectivity index (χ4v) is 1.93. The Labute approximate surface area is 86.0 Å². The minimum absolute atomic E-state index is 0.151. The Morgan fingerprint density at radius 3 is 3.07 bits per heavy atom. The monoisotopic (exact) mass is 212 g/mol. The molecule has 4 nitrogen and oxygen atoms in total. The third-order valence-electron chi connectivity index (χ3n) is 2.18. The Hall–Kier alpha value is -0.940. The molecule has 76 valence electrons. The van der Waals surface area contributed by atoms with Gasteiger partial charge in [0.1, 0.15) is 5.01 Å². The minimum Gasteiger partial charge on any atom is -0.476 e. The van der Waals surface area contributed by atoms with Crippen LogP contribution in [0.15, 0.2) is 5.38 Å². The minimum atomic E-state index is -0.949. The molecule has 0 amide bonds. The predicted molar refractivity (Wildman–Crippen MR) is 53.5 cm³/mol. The van der Waals surface area contributed by atoms with Crippen LogP contribution < -0.4 is 5.32 Å². The SMILES string of the molecule is O=C(O)c1csc(CNCC2CC2)n1. The van der Waals surface area contributed by atoms with Crippen molar-refractivity contribution in [3.05, 3.63) is 16.1 Å². The quantitative estimate of drug-likeness (QED) is 0.773. The van der Waals surface area contributed by atoms with E-state index in [0.29, 0.717) is 6.54 Å². The molecule has 1 aromatic heterocycles. The molecule has 0 bridgehead atoms. The van der Waals surface area contributed by atoms with Crippen LogP contribution in [0, 0.1) is 5.92 Å². The summed E-state index contributed by atoms with van der Waals surface area (Å²) < 4.78 is 0. The maximum atomic E-state index is 10.5. The van der Waals surface area contributed by atoms with E-state index < -0.39 is 5.97 Å². The topological polar surface area (TPSA) is 62.2 Å². The standard InChI is InChI=1S/C9H12N2O2S/c12-9(13)7-5-14-8(11-7)4-10-3-6-1-2-6/h5-6,10H,1-4H2,(H,12,13). The number of rotatable bonds is 5. The van der Waals surface area contributed by atoms with E-state index in [-0.39, 0.29) is 5.69 Å². The number of hydrogen-bond donors (Lipinski definition) is 2. The van der Waals surface area contributed by atoms with Crippen molar-refractivity contribution in [1.82, 2.24) is 10.3 Å². The number of carbonyl (C=O) groups is 1. The molecular formula is C9H12N2O2S. The van der Waals surface area contributed by atoms with Crippen LogP contribution in [-0.2, 0) is 6.54 Å². The van der Waals surface area contributed by atoms with Gasteiger partial charge in [-0.1, -0.05) is 0 Å². The highest BCUT2D eigenvalue weighted by molar-refractivity contribution is 7.09. The number of aromatic carboxylic acids is 1. The first-order valence-electron chi connectivity index (χ1n) is 4.64. The fraction of sp³-hybridized carbons (Fsp3) is 0.556. The van der Waals surface area contributed by atoms with Gasteiger partial charge in [0.15, 0.2) is 5.69 Å². The van der Waals surface area contributed by atoms with Crippen molar-refractivity contribution in [2.45, 2.75) is 19.4 Å². The molecule has 2 rings (SSSR count). The van der Waals surface area contributed by atoms with Crippen molar-refractivity contribution >= 4 is 17.3 Å². The summed E-state index contributed by atoms with van der Waals surface area (Å²) in [5, 5.41) is 14.3.